The number of nitrogens with zero attached hydrogens (tertiary/aromatic N) is 4. The highest BCUT2D eigenvalue weighted by Crippen LogP contribution is 2.36. The van der Waals surface area contributed by atoms with Crippen molar-refractivity contribution in [2.45, 2.75) is 75.5 Å². The van der Waals surface area contributed by atoms with E-state index in [1.165, 1.54) is 14.2 Å². The molecule has 60 heavy (non-hydrogen) atoms. The van der Waals surface area contributed by atoms with E-state index < -0.39 is 24.3 Å². The Morgan fingerprint density at radius 3 is 1.33 bits per heavy atom. The second kappa shape index (κ2) is 18.7. The van der Waals surface area contributed by atoms with Crippen LogP contribution in [0.2, 0.25) is 0 Å². The van der Waals surface area contributed by atoms with Crippen LogP contribution >= 0.6 is 0 Å². The number of carbonyl (C=O) groups is 4. The van der Waals surface area contributed by atoms with Gasteiger partial charge < -0.3 is 49.3 Å². The van der Waals surface area contributed by atoms with Gasteiger partial charge in [0, 0.05) is 63.0 Å². The molecule has 16 nitrogen and oxygen atoms in total. The summed E-state index contributed by atoms with van der Waals surface area (Å²) in [5.41, 5.74) is 5.57. The van der Waals surface area contributed by atoms with Gasteiger partial charge in [-0.2, -0.15) is 0 Å². The fourth-order valence-corrected chi connectivity index (χ4v) is 9.20. The topological polar surface area (TPSA) is 193 Å². The lowest BCUT2D eigenvalue weighted by Gasteiger charge is -2.34. The summed E-state index contributed by atoms with van der Waals surface area (Å²) in [6.07, 6.45) is 8.54. The summed E-state index contributed by atoms with van der Waals surface area (Å²) >= 11 is 0. The van der Waals surface area contributed by atoms with Crippen LogP contribution in [0.3, 0.4) is 0 Å². The maximum absolute atomic E-state index is 14.0. The van der Waals surface area contributed by atoms with Crippen LogP contribution < -0.4 is 10.6 Å². The summed E-state index contributed by atoms with van der Waals surface area (Å²) < 4.78 is 20.8. The molecule has 0 aliphatic carbocycles. The van der Waals surface area contributed by atoms with Crippen LogP contribution in [0.15, 0.2) is 60.9 Å². The lowest BCUT2D eigenvalue weighted by Crippen LogP contribution is -2.53. The van der Waals surface area contributed by atoms with Crippen LogP contribution in [-0.2, 0) is 28.5 Å². The van der Waals surface area contributed by atoms with Crippen molar-refractivity contribution in [3.8, 4) is 33.6 Å². The molecule has 8 rings (SSSR count). The molecule has 4 aromatic rings. The molecule has 4 N–H and O–H groups in total. The Kier molecular flexibility index (Phi) is 12.8. The lowest BCUT2D eigenvalue weighted by molar-refractivity contribution is -0.137. The van der Waals surface area contributed by atoms with Gasteiger partial charge in [-0.15, -0.1) is 0 Å². The maximum Gasteiger partial charge on any atom is 0.407 e. The lowest BCUT2D eigenvalue weighted by atomic mass is 9.90. The van der Waals surface area contributed by atoms with Gasteiger partial charge in [-0.3, -0.25) is 9.59 Å². The quantitative estimate of drug-likeness (QED) is 0.145. The molecule has 4 aliphatic heterocycles. The molecule has 0 bridgehead atoms. The minimum Gasteiger partial charge on any atom is -0.453 e. The van der Waals surface area contributed by atoms with E-state index in [0.29, 0.717) is 65.2 Å². The fraction of sp³-hybridized carbons (Fsp3) is 0.500. The first-order valence-electron chi connectivity index (χ1n) is 21.1. The largest absolute Gasteiger partial charge is 0.453 e. The molecule has 16 heteroatoms. The average Bonchev–Trinajstić information content (AvgIpc) is 4.15. The van der Waals surface area contributed by atoms with E-state index in [0.717, 1.165) is 71.0 Å². The van der Waals surface area contributed by atoms with E-state index in [2.05, 4.69) is 44.9 Å². The number of aromatic amines is 2. The molecular formula is C44H54N8O8. The Bertz CT molecular complexity index is 1960. The van der Waals surface area contributed by atoms with Crippen molar-refractivity contribution in [1.82, 2.24) is 40.4 Å². The van der Waals surface area contributed by atoms with E-state index in [1.54, 1.807) is 0 Å². The summed E-state index contributed by atoms with van der Waals surface area (Å²) in [6.45, 7) is 3.41. The Hall–Kier alpha value is -5.74. The molecule has 4 amide bonds. The molecule has 4 atom stereocenters. The second-order valence-electron chi connectivity index (χ2n) is 16.0. The first-order chi connectivity index (χ1) is 29.3. The predicted molar refractivity (Wildman–Crippen MR) is 220 cm³/mol. The standard InChI is InChI=1S/C44H54N8O8/c1-57-43(55)49-37(31-15-21-59-22-16-31)41(53)51-19-3-5-35(51)39-45-25-33(47-39)29-11-7-27(8-12-29)28-9-13-30(14-10-28)34-26-46-40(48-34)36-6-4-20-52(36)42(54)38(50-44(56)58-2)32-17-23-60-24-18-32/h7-14,25-26,31-32,35-38H,3-6,15-24H2,1-2H3,(H,45,47)(H,46,48)(H,49,55)(H,50,56)/t35-,36-,37-,38-/m0/s1. The molecule has 0 saturated carbocycles. The van der Waals surface area contributed by atoms with E-state index >= 15 is 0 Å². The number of nitrogens with one attached hydrogen (secondary N) is 4. The van der Waals surface area contributed by atoms with Crippen LogP contribution in [0.5, 0.6) is 0 Å². The van der Waals surface area contributed by atoms with Gasteiger partial charge in [-0.1, -0.05) is 48.5 Å². The molecular weight excluding hydrogens is 769 g/mol. The fourth-order valence-electron chi connectivity index (χ4n) is 9.20. The molecule has 0 spiro atoms. The van der Waals surface area contributed by atoms with Crippen molar-refractivity contribution in [2.24, 2.45) is 11.8 Å². The zero-order valence-corrected chi connectivity index (χ0v) is 34.2. The molecule has 6 heterocycles. The molecule has 318 valence electrons. The smallest absolute Gasteiger partial charge is 0.407 e. The van der Waals surface area contributed by atoms with E-state index in [1.807, 2.05) is 46.5 Å². The van der Waals surface area contributed by atoms with Gasteiger partial charge in [0.05, 0.1) is 37.7 Å². The highest BCUT2D eigenvalue weighted by Gasteiger charge is 2.41. The first-order valence-corrected chi connectivity index (χ1v) is 21.1. The average molecular weight is 823 g/mol. The van der Waals surface area contributed by atoms with Gasteiger partial charge >= 0.3 is 12.2 Å². The molecule has 0 unspecified atom stereocenters. The number of hydrogen-bond donors (Lipinski definition) is 4. The summed E-state index contributed by atoms with van der Waals surface area (Å²) in [5, 5.41) is 5.62. The third-order valence-electron chi connectivity index (χ3n) is 12.5. The number of likely N-dealkylation sites (tertiary alicyclic amines) is 2. The number of carbonyl (C=O) groups excluding carboxylic acids is 4. The summed E-state index contributed by atoms with van der Waals surface area (Å²) in [4.78, 5) is 72.7. The van der Waals surface area contributed by atoms with Gasteiger partial charge in [-0.05, 0) is 74.3 Å². The molecule has 4 aliphatic rings. The van der Waals surface area contributed by atoms with Crippen molar-refractivity contribution < 1.29 is 38.1 Å². The minimum atomic E-state index is -0.686. The molecule has 0 radical (unpaired) electrons. The SMILES string of the molecule is COC(=O)N[C@H](C(=O)N1CCC[C@H]1c1nc(-c2ccc(-c3ccc(-c4c[nH]c([C@@H]5CCCN5C(=O)[C@@H](NC(=O)OC)C5CCOCC5)n4)cc3)cc2)c[nH]1)C1CCOCC1. The number of H-pyrrole nitrogens is 2. The predicted octanol–water partition coefficient (Wildman–Crippen LogP) is 5.76. The van der Waals surface area contributed by atoms with Crippen LogP contribution in [0.1, 0.15) is 75.1 Å². The number of rotatable bonds is 11. The zero-order chi connectivity index (χ0) is 41.6. The molecule has 2 aromatic carbocycles. The van der Waals surface area contributed by atoms with Crippen molar-refractivity contribution >= 4 is 24.0 Å². The van der Waals surface area contributed by atoms with Gasteiger partial charge in [0.25, 0.3) is 0 Å². The van der Waals surface area contributed by atoms with E-state index in [-0.39, 0.29) is 35.7 Å². The third-order valence-corrected chi connectivity index (χ3v) is 12.5. The summed E-state index contributed by atoms with van der Waals surface area (Å²) in [6, 6.07) is 14.7. The monoisotopic (exact) mass is 822 g/mol. The van der Waals surface area contributed by atoms with Crippen molar-refractivity contribution in [3.63, 3.8) is 0 Å². The van der Waals surface area contributed by atoms with Gasteiger partial charge in [0.15, 0.2) is 0 Å². The number of aromatic nitrogens is 4. The normalized spacial score (nSPS) is 21.0. The van der Waals surface area contributed by atoms with Crippen LogP contribution in [-0.4, -0.2) is 120 Å². The number of hydrogen-bond acceptors (Lipinski definition) is 10. The second-order valence-corrected chi connectivity index (χ2v) is 16.0. The van der Waals surface area contributed by atoms with Crippen LogP contribution in [0.25, 0.3) is 33.6 Å². The Morgan fingerprint density at radius 2 is 0.967 bits per heavy atom. The minimum absolute atomic E-state index is 0.0286. The van der Waals surface area contributed by atoms with Crippen LogP contribution in [0, 0.1) is 11.8 Å². The number of amides is 4. The number of benzene rings is 2. The highest BCUT2D eigenvalue weighted by molar-refractivity contribution is 5.87. The van der Waals surface area contributed by atoms with Gasteiger partial charge in [-0.25, -0.2) is 19.6 Å². The number of methoxy groups -OCH3 is 2. The Labute approximate surface area is 349 Å². The maximum atomic E-state index is 14.0. The number of imidazole rings is 2. The summed E-state index contributed by atoms with van der Waals surface area (Å²) in [5.74, 6) is 1.16. The summed E-state index contributed by atoms with van der Waals surface area (Å²) in [7, 11) is 2.61. The number of alkyl carbamates (subject to hydrolysis) is 2. The van der Waals surface area contributed by atoms with Gasteiger partial charge in [0.2, 0.25) is 11.8 Å². The third kappa shape index (κ3) is 8.89. The van der Waals surface area contributed by atoms with Crippen molar-refractivity contribution in [3.05, 3.63) is 72.6 Å². The molecule has 4 fully saturated rings. The van der Waals surface area contributed by atoms with Crippen LogP contribution in [0.4, 0.5) is 9.59 Å². The van der Waals surface area contributed by atoms with Crippen molar-refractivity contribution in [1.29, 1.82) is 0 Å². The highest BCUT2D eigenvalue weighted by atomic mass is 16.5. The van der Waals surface area contributed by atoms with E-state index in [4.69, 9.17) is 28.9 Å². The van der Waals surface area contributed by atoms with Gasteiger partial charge in [0.1, 0.15) is 23.7 Å². The molecule has 2 aromatic heterocycles. The zero-order valence-electron chi connectivity index (χ0n) is 34.2. The van der Waals surface area contributed by atoms with E-state index in [9.17, 15) is 19.2 Å². The Balaban J connectivity index is 0.913. The van der Waals surface area contributed by atoms with Crippen molar-refractivity contribution in [2.75, 3.05) is 53.7 Å². The molecule has 4 saturated heterocycles. The first kappa shape index (κ1) is 41.0. The Morgan fingerprint density at radius 1 is 0.600 bits per heavy atom. The number of ether oxygens (including phenoxy) is 4.